The summed E-state index contributed by atoms with van der Waals surface area (Å²) in [5, 5.41) is 20.5. The molecule has 0 saturated heterocycles. The van der Waals surface area contributed by atoms with Crippen molar-refractivity contribution in [3.8, 4) is 0 Å². The second-order valence-corrected chi connectivity index (χ2v) is 9.47. The molecule has 27 heavy (non-hydrogen) atoms. The van der Waals surface area contributed by atoms with Crippen LogP contribution in [0.2, 0.25) is 0 Å². The van der Waals surface area contributed by atoms with Gasteiger partial charge < -0.3 is 10.2 Å². The highest BCUT2D eigenvalue weighted by molar-refractivity contribution is 6.06. The van der Waals surface area contributed by atoms with E-state index in [-0.39, 0.29) is 35.7 Å². The molecule has 0 aromatic heterocycles. The zero-order chi connectivity index (χ0) is 19.8. The van der Waals surface area contributed by atoms with E-state index >= 15 is 0 Å². The van der Waals surface area contributed by atoms with Crippen LogP contribution in [-0.2, 0) is 14.4 Å². The van der Waals surface area contributed by atoms with Gasteiger partial charge in [0, 0.05) is 23.2 Å². The predicted octanol–water partition coefficient (Wildman–Crippen LogP) is 2.16. The number of hydrogen-bond acceptors (Lipinski definition) is 5. The second-order valence-electron chi connectivity index (χ2n) is 9.47. The molecule has 2 N–H and O–H groups in total. The maximum absolute atomic E-state index is 13.4. The molecular formula is C22H28O5. The summed E-state index contributed by atoms with van der Waals surface area (Å²) in [6.45, 7) is 5.02. The Balaban J connectivity index is 1.78. The molecule has 4 aliphatic rings. The molecule has 146 valence electrons. The standard InChI is InChI=1S/C22H28O5/c1-12-9-20(2)13(8-16(12)24)4-5-14-15-6-7-22(27,18(26)11-23)21(15,3)10-17(25)19(14)20/h8-9,14-15,19,23,27H,4-7,10-11H2,1-3H3/t14-,15-,19+,20-,21-,22-/m0/s1. The molecule has 0 radical (unpaired) electrons. The molecule has 0 aromatic rings. The maximum Gasteiger partial charge on any atom is 0.190 e. The van der Waals surface area contributed by atoms with E-state index in [1.54, 1.807) is 13.0 Å². The lowest BCUT2D eigenvalue weighted by molar-refractivity contribution is -0.168. The number of aliphatic hydroxyl groups is 2. The van der Waals surface area contributed by atoms with Gasteiger partial charge in [-0.2, -0.15) is 0 Å². The Hall–Kier alpha value is -1.59. The third-order valence-corrected chi connectivity index (χ3v) is 8.31. The second kappa shape index (κ2) is 5.71. The van der Waals surface area contributed by atoms with Gasteiger partial charge in [0.05, 0.1) is 0 Å². The Bertz CT molecular complexity index is 808. The van der Waals surface area contributed by atoms with Gasteiger partial charge in [0.15, 0.2) is 11.6 Å². The average Bonchev–Trinajstić information content (AvgIpc) is 2.87. The first-order valence-electron chi connectivity index (χ1n) is 9.92. The zero-order valence-electron chi connectivity index (χ0n) is 16.2. The van der Waals surface area contributed by atoms with E-state index in [1.165, 1.54) is 0 Å². The molecule has 3 saturated carbocycles. The van der Waals surface area contributed by atoms with E-state index in [2.05, 4.69) is 6.92 Å². The molecular weight excluding hydrogens is 344 g/mol. The Morgan fingerprint density at radius 3 is 2.63 bits per heavy atom. The number of Topliss-reactive ketones (excluding diaryl/α,β-unsaturated/α-hetero) is 2. The summed E-state index contributed by atoms with van der Waals surface area (Å²) in [5.74, 6) is -0.554. The van der Waals surface area contributed by atoms with Crippen LogP contribution in [0.15, 0.2) is 23.3 Å². The van der Waals surface area contributed by atoms with Gasteiger partial charge in [-0.1, -0.05) is 25.5 Å². The van der Waals surface area contributed by atoms with Gasteiger partial charge in [0.2, 0.25) is 0 Å². The van der Waals surface area contributed by atoms with E-state index < -0.39 is 28.8 Å². The molecule has 4 aliphatic carbocycles. The Morgan fingerprint density at radius 2 is 1.96 bits per heavy atom. The highest BCUT2D eigenvalue weighted by Gasteiger charge is 2.68. The lowest BCUT2D eigenvalue weighted by atomic mass is 9.46. The first-order valence-corrected chi connectivity index (χ1v) is 9.92. The normalized spacial score (nSPS) is 46.2. The Morgan fingerprint density at radius 1 is 1.26 bits per heavy atom. The lowest BCUT2D eigenvalue weighted by Gasteiger charge is -2.56. The van der Waals surface area contributed by atoms with Crippen LogP contribution < -0.4 is 0 Å². The Kier molecular flexibility index (Phi) is 3.97. The van der Waals surface area contributed by atoms with Gasteiger partial charge in [0.25, 0.3) is 0 Å². The van der Waals surface area contributed by atoms with Crippen molar-refractivity contribution >= 4 is 17.3 Å². The van der Waals surface area contributed by atoms with Gasteiger partial charge >= 0.3 is 0 Å². The quantitative estimate of drug-likeness (QED) is 0.775. The molecule has 0 bridgehead atoms. The van der Waals surface area contributed by atoms with Crippen LogP contribution in [0.5, 0.6) is 0 Å². The fourth-order valence-electron chi connectivity index (χ4n) is 6.91. The summed E-state index contributed by atoms with van der Waals surface area (Å²) in [6.07, 6.45) is 6.38. The van der Waals surface area contributed by atoms with Gasteiger partial charge in [-0.25, -0.2) is 0 Å². The highest BCUT2D eigenvalue weighted by atomic mass is 16.3. The largest absolute Gasteiger partial charge is 0.388 e. The van der Waals surface area contributed by atoms with Crippen LogP contribution in [0.1, 0.15) is 52.9 Å². The Labute approximate surface area is 159 Å². The van der Waals surface area contributed by atoms with Crippen molar-refractivity contribution in [1.29, 1.82) is 0 Å². The predicted molar refractivity (Wildman–Crippen MR) is 98.7 cm³/mol. The molecule has 0 unspecified atom stereocenters. The SMILES string of the molecule is CC1=C[C@@]2(C)C(=CC1=O)CC[C@@H]1[C@@H]2C(=O)C[C@@]2(C)[C@H]1CC[C@]2(O)C(=O)CO. The molecule has 0 aliphatic heterocycles. The van der Waals surface area contributed by atoms with Crippen molar-refractivity contribution < 1.29 is 24.6 Å². The van der Waals surface area contributed by atoms with Gasteiger partial charge in [-0.15, -0.1) is 0 Å². The van der Waals surface area contributed by atoms with Gasteiger partial charge in [-0.3, -0.25) is 14.4 Å². The van der Waals surface area contributed by atoms with Gasteiger partial charge in [-0.05, 0) is 56.1 Å². The van der Waals surface area contributed by atoms with Crippen molar-refractivity contribution in [2.75, 3.05) is 6.61 Å². The van der Waals surface area contributed by atoms with Crippen LogP contribution >= 0.6 is 0 Å². The topological polar surface area (TPSA) is 91.7 Å². The molecule has 5 nitrogen and oxygen atoms in total. The summed E-state index contributed by atoms with van der Waals surface area (Å²) in [7, 11) is 0. The number of carbonyl (C=O) groups excluding carboxylic acids is 3. The van der Waals surface area contributed by atoms with E-state index in [1.807, 2.05) is 13.0 Å². The number of carbonyl (C=O) groups is 3. The molecule has 5 heteroatoms. The first kappa shape index (κ1) is 18.8. The average molecular weight is 372 g/mol. The monoisotopic (exact) mass is 372 g/mol. The van der Waals surface area contributed by atoms with Crippen LogP contribution in [0.3, 0.4) is 0 Å². The number of ketones is 3. The number of allylic oxidation sites excluding steroid dienone is 4. The number of fused-ring (bicyclic) bond motifs is 5. The van der Waals surface area contributed by atoms with Crippen LogP contribution in [-0.4, -0.2) is 39.8 Å². The van der Waals surface area contributed by atoms with Crippen molar-refractivity contribution in [3.63, 3.8) is 0 Å². The van der Waals surface area contributed by atoms with E-state index in [9.17, 15) is 24.6 Å². The summed E-state index contributed by atoms with van der Waals surface area (Å²) in [4.78, 5) is 37.9. The zero-order valence-corrected chi connectivity index (χ0v) is 16.2. The molecule has 0 amide bonds. The molecule has 0 aromatic carbocycles. The van der Waals surface area contributed by atoms with Crippen molar-refractivity contribution in [2.24, 2.45) is 28.6 Å². The minimum Gasteiger partial charge on any atom is -0.388 e. The maximum atomic E-state index is 13.4. The number of aliphatic hydroxyl groups excluding tert-OH is 1. The van der Waals surface area contributed by atoms with Crippen LogP contribution in [0.25, 0.3) is 0 Å². The fourth-order valence-corrected chi connectivity index (χ4v) is 6.91. The number of rotatable bonds is 2. The summed E-state index contributed by atoms with van der Waals surface area (Å²) in [5.41, 5.74) is -1.19. The van der Waals surface area contributed by atoms with Gasteiger partial charge in [0.1, 0.15) is 18.0 Å². The minimum atomic E-state index is -1.63. The molecule has 3 fully saturated rings. The van der Waals surface area contributed by atoms with Crippen LogP contribution in [0, 0.1) is 28.6 Å². The summed E-state index contributed by atoms with van der Waals surface area (Å²) < 4.78 is 0. The van der Waals surface area contributed by atoms with Crippen LogP contribution in [0.4, 0.5) is 0 Å². The molecule has 4 rings (SSSR count). The smallest absolute Gasteiger partial charge is 0.190 e. The van der Waals surface area contributed by atoms with Crippen molar-refractivity contribution in [1.82, 2.24) is 0 Å². The highest BCUT2D eigenvalue weighted by Crippen LogP contribution is 2.66. The van der Waals surface area contributed by atoms with E-state index in [4.69, 9.17) is 0 Å². The van der Waals surface area contributed by atoms with Crippen molar-refractivity contribution in [2.45, 2.75) is 58.5 Å². The van der Waals surface area contributed by atoms with E-state index in [0.717, 1.165) is 18.4 Å². The van der Waals surface area contributed by atoms with Crippen molar-refractivity contribution in [3.05, 3.63) is 23.3 Å². The molecule has 0 heterocycles. The summed E-state index contributed by atoms with van der Waals surface area (Å²) in [6, 6.07) is 0. The lowest BCUT2D eigenvalue weighted by Crippen LogP contribution is -2.60. The minimum absolute atomic E-state index is 0.0257. The first-order chi connectivity index (χ1) is 12.6. The van der Waals surface area contributed by atoms with E-state index in [0.29, 0.717) is 18.4 Å². The molecule has 0 spiro atoms. The number of hydrogen-bond donors (Lipinski definition) is 2. The fraction of sp³-hybridized carbons (Fsp3) is 0.682. The summed E-state index contributed by atoms with van der Waals surface area (Å²) >= 11 is 0. The molecule has 6 atom stereocenters. The third kappa shape index (κ3) is 2.21. The third-order valence-electron chi connectivity index (χ3n) is 8.31.